The van der Waals surface area contributed by atoms with Crippen molar-refractivity contribution in [3.63, 3.8) is 0 Å². The average molecular weight is 328 g/mol. The van der Waals surface area contributed by atoms with Gasteiger partial charge >= 0.3 is 12.3 Å². The van der Waals surface area contributed by atoms with Gasteiger partial charge in [0.25, 0.3) is 6.43 Å². The molecular formula is C12H13F5N2O3. The summed E-state index contributed by atoms with van der Waals surface area (Å²) in [5.74, 6) is -2.10. The van der Waals surface area contributed by atoms with Crippen LogP contribution < -0.4 is 10.5 Å². The zero-order chi connectivity index (χ0) is 16.9. The van der Waals surface area contributed by atoms with Crippen molar-refractivity contribution in [2.24, 2.45) is 5.73 Å². The minimum Gasteiger partial charge on any atom is -0.466 e. The number of carbonyl (C=O) groups is 1. The molecule has 0 unspecified atom stereocenters. The van der Waals surface area contributed by atoms with Crippen LogP contribution >= 0.6 is 0 Å². The van der Waals surface area contributed by atoms with Gasteiger partial charge < -0.3 is 15.2 Å². The van der Waals surface area contributed by atoms with E-state index in [1.54, 1.807) is 0 Å². The largest absolute Gasteiger partial charge is 0.574 e. The summed E-state index contributed by atoms with van der Waals surface area (Å²) in [5, 5.41) is 0. The number of aromatic nitrogens is 1. The van der Waals surface area contributed by atoms with Gasteiger partial charge in [-0.3, -0.25) is 4.79 Å². The zero-order valence-electron chi connectivity index (χ0n) is 11.4. The van der Waals surface area contributed by atoms with Gasteiger partial charge in [-0.2, -0.15) is 0 Å². The first-order valence-electron chi connectivity index (χ1n) is 6.10. The predicted molar refractivity (Wildman–Crippen MR) is 64.1 cm³/mol. The van der Waals surface area contributed by atoms with Crippen LogP contribution in [0, 0.1) is 0 Å². The fraction of sp³-hybridized carbons (Fsp3) is 0.500. The summed E-state index contributed by atoms with van der Waals surface area (Å²) in [6.07, 6.45) is -9.10. The van der Waals surface area contributed by atoms with Crippen molar-refractivity contribution in [1.82, 2.24) is 4.98 Å². The van der Waals surface area contributed by atoms with Gasteiger partial charge in [-0.25, -0.2) is 13.8 Å². The third kappa shape index (κ3) is 5.10. The summed E-state index contributed by atoms with van der Waals surface area (Å²) in [6.45, 7) is 1.05. The summed E-state index contributed by atoms with van der Waals surface area (Å²) in [5.41, 5.74) is 3.51. The van der Waals surface area contributed by atoms with Crippen LogP contribution in [-0.4, -0.2) is 23.9 Å². The third-order valence-corrected chi connectivity index (χ3v) is 2.46. The van der Waals surface area contributed by atoms with Gasteiger partial charge in [-0.15, -0.1) is 13.2 Å². The molecule has 0 aliphatic heterocycles. The van der Waals surface area contributed by atoms with E-state index in [2.05, 4.69) is 14.5 Å². The van der Waals surface area contributed by atoms with Crippen LogP contribution in [0.5, 0.6) is 5.88 Å². The van der Waals surface area contributed by atoms with Crippen LogP contribution in [0.3, 0.4) is 0 Å². The van der Waals surface area contributed by atoms with Crippen LogP contribution in [0.25, 0.3) is 0 Å². The molecule has 0 saturated heterocycles. The molecule has 10 heteroatoms. The number of nitrogens with zero attached hydrogens (tertiary/aromatic N) is 1. The molecular weight excluding hydrogens is 315 g/mol. The highest BCUT2D eigenvalue weighted by Crippen LogP contribution is 2.33. The highest BCUT2D eigenvalue weighted by Gasteiger charge is 2.35. The number of halogens is 5. The molecule has 1 aromatic rings. The fourth-order valence-corrected chi connectivity index (χ4v) is 1.65. The lowest BCUT2D eigenvalue weighted by Gasteiger charge is -2.16. The maximum Gasteiger partial charge on any atom is 0.574 e. The number of carbonyl (C=O) groups excluding carboxylic acids is 1. The van der Waals surface area contributed by atoms with E-state index in [1.807, 2.05) is 0 Å². The van der Waals surface area contributed by atoms with Crippen LogP contribution in [0.4, 0.5) is 22.0 Å². The van der Waals surface area contributed by atoms with Crippen LogP contribution in [0.2, 0.25) is 0 Å². The van der Waals surface area contributed by atoms with E-state index in [0.717, 1.165) is 6.07 Å². The molecule has 0 fully saturated rings. The molecule has 0 radical (unpaired) electrons. The minimum atomic E-state index is -5.15. The van der Waals surface area contributed by atoms with Gasteiger partial charge in [-0.05, 0) is 13.0 Å². The van der Waals surface area contributed by atoms with Gasteiger partial charge in [0.05, 0.1) is 18.7 Å². The Kier molecular flexibility index (Phi) is 6.03. The molecule has 0 aliphatic carbocycles. The van der Waals surface area contributed by atoms with Gasteiger partial charge in [0, 0.05) is 17.7 Å². The van der Waals surface area contributed by atoms with Gasteiger partial charge in [0.1, 0.15) is 0 Å². The number of ether oxygens (including phenoxy) is 2. The van der Waals surface area contributed by atoms with E-state index in [-0.39, 0.29) is 18.8 Å². The Morgan fingerprint density at radius 2 is 2.05 bits per heavy atom. The topological polar surface area (TPSA) is 74.4 Å². The second kappa shape index (κ2) is 7.34. The highest BCUT2D eigenvalue weighted by molar-refractivity contribution is 5.74. The lowest BCUT2D eigenvalue weighted by molar-refractivity contribution is -0.276. The van der Waals surface area contributed by atoms with E-state index in [0.29, 0.717) is 0 Å². The number of alkyl halides is 5. The molecule has 0 atom stereocenters. The predicted octanol–water partition coefficient (Wildman–Crippen LogP) is 2.48. The third-order valence-electron chi connectivity index (χ3n) is 2.46. The first-order valence-corrected chi connectivity index (χ1v) is 6.10. The Morgan fingerprint density at radius 1 is 1.41 bits per heavy atom. The molecule has 0 bridgehead atoms. The molecule has 22 heavy (non-hydrogen) atoms. The van der Waals surface area contributed by atoms with Crippen molar-refractivity contribution in [2.75, 3.05) is 6.61 Å². The maximum atomic E-state index is 13.0. The van der Waals surface area contributed by atoms with Crippen molar-refractivity contribution in [1.29, 1.82) is 0 Å². The second-order valence-corrected chi connectivity index (χ2v) is 4.02. The van der Waals surface area contributed by atoms with Crippen molar-refractivity contribution < 1.29 is 36.2 Å². The Hall–Kier alpha value is -1.97. The number of esters is 1. The minimum absolute atomic E-state index is 0.0490. The van der Waals surface area contributed by atoms with Gasteiger partial charge in [-0.1, -0.05) is 0 Å². The molecule has 0 amide bonds. The number of pyridine rings is 1. The Bertz CT molecular complexity index is 534. The van der Waals surface area contributed by atoms with Crippen LogP contribution in [0.1, 0.15) is 30.2 Å². The molecule has 1 heterocycles. The van der Waals surface area contributed by atoms with E-state index in [4.69, 9.17) is 5.73 Å². The molecule has 0 saturated carbocycles. The molecule has 5 nitrogen and oxygen atoms in total. The fourth-order valence-electron chi connectivity index (χ4n) is 1.65. The molecule has 1 aromatic heterocycles. The number of hydrogen-bond donors (Lipinski definition) is 1. The Labute approximate surface area is 122 Å². The first kappa shape index (κ1) is 18.1. The average Bonchev–Trinajstić information content (AvgIpc) is 2.38. The maximum absolute atomic E-state index is 13.0. The Balaban J connectivity index is 3.35. The first-order chi connectivity index (χ1) is 10.2. The Morgan fingerprint density at radius 3 is 2.50 bits per heavy atom. The number of nitrogens with two attached hydrogens (primary N) is 1. The smallest absolute Gasteiger partial charge is 0.466 e. The summed E-state index contributed by atoms with van der Waals surface area (Å²) in [6, 6.07) is 0.836. The molecule has 0 aliphatic rings. The van der Waals surface area contributed by atoms with Crippen LogP contribution in [-0.2, 0) is 22.5 Å². The van der Waals surface area contributed by atoms with Gasteiger partial charge in [0.2, 0.25) is 5.88 Å². The summed E-state index contributed by atoms with van der Waals surface area (Å²) in [7, 11) is 0. The van der Waals surface area contributed by atoms with E-state index < -0.39 is 42.2 Å². The lowest BCUT2D eigenvalue weighted by atomic mass is 10.1. The van der Waals surface area contributed by atoms with Crippen molar-refractivity contribution in [3.8, 4) is 5.88 Å². The SMILES string of the molecule is CCOC(=O)Cc1c(C(F)F)cc(CN)nc1OC(F)(F)F. The normalized spacial score (nSPS) is 11.6. The van der Waals surface area contributed by atoms with Gasteiger partial charge in [0.15, 0.2) is 0 Å². The van der Waals surface area contributed by atoms with Crippen LogP contribution in [0.15, 0.2) is 6.07 Å². The van der Waals surface area contributed by atoms with Crippen molar-refractivity contribution in [3.05, 3.63) is 22.9 Å². The van der Waals surface area contributed by atoms with E-state index in [1.165, 1.54) is 6.92 Å². The summed E-state index contributed by atoms with van der Waals surface area (Å²) >= 11 is 0. The zero-order valence-corrected chi connectivity index (χ0v) is 11.4. The number of hydrogen-bond acceptors (Lipinski definition) is 5. The summed E-state index contributed by atoms with van der Waals surface area (Å²) in [4.78, 5) is 14.8. The quantitative estimate of drug-likeness (QED) is 0.641. The molecule has 1 rings (SSSR count). The van der Waals surface area contributed by atoms with E-state index in [9.17, 15) is 26.7 Å². The standard InChI is InChI=1S/C12H13F5N2O3/c1-2-21-9(20)4-8-7(10(13)14)3-6(5-18)19-11(8)22-12(15,16)17/h3,10H,2,4-5,18H2,1H3. The molecule has 0 aromatic carbocycles. The summed E-state index contributed by atoms with van der Waals surface area (Å²) < 4.78 is 71.4. The molecule has 124 valence electrons. The molecule has 2 N–H and O–H groups in total. The molecule has 0 spiro atoms. The van der Waals surface area contributed by atoms with Crippen molar-refractivity contribution >= 4 is 5.97 Å². The number of rotatable bonds is 6. The monoisotopic (exact) mass is 328 g/mol. The highest BCUT2D eigenvalue weighted by atomic mass is 19.4. The second-order valence-electron chi connectivity index (χ2n) is 4.02. The van der Waals surface area contributed by atoms with E-state index >= 15 is 0 Å². The van der Waals surface area contributed by atoms with Crippen molar-refractivity contribution in [2.45, 2.75) is 32.7 Å². The lowest BCUT2D eigenvalue weighted by Crippen LogP contribution is -2.22.